The van der Waals surface area contributed by atoms with Crippen molar-refractivity contribution in [2.45, 2.75) is 18.8 Å². The first-order valence-corrected chi connectivity index (χ1v) is 4.11. The molecule has 1 rings (SSSR count). The van der Waals surface area contributed by atoms with Crippen molar-refractivity contribution in [3.8, 4) is 5.75 Å². The molecule has 0 bridgehead atoms. The summed E-state index contributed by atoms with van der Waals surface area (Å²) in [7, 11) is 0. The van der Waals surface area contributed by atoms with Crippen LogP contribution in [-0.2, 0) is 6.61 Å². The maximum Gasteiger partial charge on any atom is 0.407 e. The quantitative estimate of drug-likeness (QED) is 0.708. The lowest BCUT2D eigenvalue weighted by molar-refractivity contribution is -0.149. The van der Waals surface area contributed by atoms with Crippen molar-refractivity contribution in [3.63, 3.8) is 0 Å². The second-order valence-corrected chi connectivity index (χ2v) is 3.07. The smallest absolute Gasteiger partial charge is 0.407 e. The van der Waals surface area contributed by atoms with E-state index < -0.39 is 30.1 Å². The van der Waals surface area contributed by atoms with Gasteiger partial charge < -0.3 is 15.9 Å². The molecular weight excluding hydrogens is 211 g/mol. The van der Waals surface area contributed by atoms with Gasteiger partial charge >= 0.3 is 6.18 Å². The highest BCUT2D eigenvalue weighted by molar-refractivity contribution is 5.38. The van der Waals surface area contributed by atoms with E-state index in [0.29, 0.717) is 0 Å². The summed E-state index contributed by atoms with van der Waals surface area (Å²) in [6.45, 7) is -0.405. The predicted molar refractivity (Wildman–Crippen MR) is 47.0 cm³/mol. The van der Waals surface area contributed by atoms with Gasteiger partial charge in [0.05, 0.1) is 6.61 Å². The van der Waals surface area contributed by atoms with Gasteiger partial charge in [-0.15, -0.1) is 0 Å². The minimum atomic E-state index is -4.62. The highest BCUT2D eigenvalue weighted by Gasteiger charge is 2.39. The van der Waals surface area contributed by atoms with E-state index in [2.05, 4.69) is 0 Å². The number of aliphatic hydroxyl groups is 1. The van der Waals surface area contributed by atoms with E-state index in [-0.39, 0.29) is 5.56 Å². The Hall–Kier alpha value is -1.27. The van der Waals surface area contributed by atoms with Gasteiger partial charge in [-0.05, 0) is 17.7 Å². The van der Waals surface area contributed by atoms with E-state index in [0.717, 1.165) is 12.1 Å². The van der Waals surface area contributed by atoms with Crippen molar-refractivity contribution < 1.29 is 23.4 Å². The molecular formula is C9H10F3NO2. The van der Waals surface area contributed by atoms with Crippen LogP contribution in [0.5, 0.6) is 5.75 Å². The van der Waals surface area contributed by atoms with E-state index in [1.54, 1.807) is 0 Å². The first-order valence-electron chi connectivity index (χ1n) is 4.11. The van der Waals surface area contributed by atoms with E-state index in [9.17, 15) is 18.3 Å². The minimum Gasteiger partial charge on any atom is -0.508 e. The molecule has 0 saturated carbocycles. The second-order valence-electron chi connectivity index (χ2n) is 3.07. The van der Waals surface area contributed by atoms with Crippen LogP contribution in [0.2, 0.25) is 0 Å². The van der Waals surface area contributed by atoms with Crippen LogP contribution in [0.4, 0.5) is 13.2 Å². The first kappa shape index (κ1) is 11.8. The van der Waals surface area contributed by atoms with Gasteiger partial charge in [0.1, 0.15) is 11.8 Å². The van der Waals surface area contributed by atoms with Gasteiger partial charge in [0.2, 0.25) is 0 Å². The highest BCUT2D eigenvalue weighted by Crippen LogP contribution is 2.35. The fourth-order valence-electron chi connectivity index (χ4n) is 1.13. The Bertz CT molecular complexity index is 352. The lowest BCUT2D eigenvalue weighted by Crippen LogP contribution is -2.28. The summed E-state index contributed by atoms with van der Waals surface area (Å²) in [5, 5.41) is 17.9. The Morgan fingerprint density at radius 1 is 1.33 bits per heavy atom. The molecule has 1 aromatic carbocycles. The SMILES string of the molecule is N[C@H](c1cc(CO)ccc1O)C(F)(F)F. The molecule has 15 heavy (non-hydrogen) atoms. The zero-order valence-corrected chi connectivity index (χ0v) is 7.62. The molecule has 0 aliphatic heterocycles. The van der Waals surface area contributed by atoms with E-state index in [4.69, 9.17) is 10.8 Å². The number of aliphatic hydroxyl groups excluding tert-OH is 1. The standard InChI is InChI=1S/C9H10F3NO2/c10-9(11,12)8(13)6-3-5(4-14)1-2-7(6)15/h1-3,8,14-15H,4,13H2/t8-/m1/s1. The molecule has 0 fully saturated rings. The number of benzene rings is 1. The van der Waals surface area contributed by atoms with Gasteiger partial charge in [0.25, 0.3) is 0 Å². The number of hydrogen-bond acceptors (Lipinski definition) is 3. The molecule has 6 heteroatoms. The van der Waals surface area contributed by atoms with Crippen molar-refractivity contribution >= 4 is 0 Å². The summed E-state index contributed by atoms with van der Waals surface area (Å²) >= 11 is 0. The molecule has 1 aromatic rings. The third-order valence-electron chi connectivity index (χ3n) is 1.96. The van der Waals surface area contributed by atoms with Crippen LogP contribution in [0.1, 0.15) is 17.2 Å². The van der Waals surface area contributed by atoms with E-state index >= 15 is 0 Å². The van der Waals surface area contributed by atoms with Crippen molar-refractivity contribution in [2.24, 2.45) is 5.73 Å². The Kier molecular flexibility index (Phi) is 3.21. The Morgan fingerprint density at radius 3 is 2.40 bits per heavy atom. The maximum absolute atomic E-state index is 12.3. The molecule has 4 N–H and O–H groups in total. The lowest BCUT2D eigenvalue weighted by atomic mass is 10.0. The van der Waals surface area contributed by atoms with Gasteiger partial charge in [-0.1, -0.05) is 6.07 Å². The Labute approximate surface area is 84.0 Å². The van der Waals surface area contributed by atoms with Crippen molar-refractivity contribution in [2.75, 3.05) is 0 Å². The lowest BCUT2D eigenvalue weighted by Gasteiger charge is -2.17. The fourth-order valence-corrected chi connectivity index (χ4v) is 1.13. The van der Waals surface area contributed by atoms with Gasteiger partial charge in [-0.2, -0.15) is 13.2 Å². The number of rotatable bonds is 2. The Morgan fingerprint density at radius 2 is 1.93 bits per heavy atom. The average Bonchev–Trinajstić information content (AvgIpc) is 2.16. The summed E-state index contributed by atoms with van der Waals surface area (Å²) in [5.74, 6) is -0.531. The number of hydrogen-bond donors (Lipinski definition) is 3. The minimum absolute atomic E-state index is 0.266. The van der Waals surface area contributed by atoms with Crippen molar-refractivity contribution in [3.05, 3.63) is 29.3 Å². The molecule has 0 saturated heterocycles. The summed E-state index contributed by atoms with van der Waals surface area (Å²) < 4.78 is 36.8. The average molecular weight is 221 g/mol. The molecule has 1 atom stereocenters. The van der Waals surface area contributed by atoms with E-state index in [1.165, 1.54) is 6.07 Å². The summed E-state index contributed by atoms with van der Waals surface area (Å²) in [6.07, 6.45) is -4.62. The molecule has 0 heterocycles. The topological polar surface area (TPSA) is 66.5 Å². The van der Waals surface area contributed by atoms with Gasteiger partial charge in [0.15, 0.2) is 0 Å². The molecule has 0 aliphatic carbocycles. The third-order valence-corrected chi connectivity index (χ3v) is 1.96. The number of halogens is 3. The zero-order valence-electron chi connectivity index (χ0n) is 7.62. The van der Waals surface area contributed by atoms with Crippen LogP contribution in [0, 0.1) is 0 Å². The molecule has 0 spiro atoms. The monoisotopic (exact) mass is 221 g/mol. The third kappa shape index (κ3) is 2.60. The van der Waals surface area contributed by atoms with Crippen LogP contribution < -0.4 is 5.73 Å². The Balaban J connectivity index is 3.12. The maximum atomic E-state index is 12.3. The second kappa shape index (κ2) is 4.08. The molecule has 0 unspecified atom stereocenters. The van der Waals surface area contributed by atoms with Crippen LogP contribution in [0.25, 0.3) is 0 Å². The van der Waals surface area contributed by atoms with Crippen LogP contribution in [0.3, 0.4) is 0 Å². The number of phenols is 1. The molecule has 0 aromatic heterocycles. The number of nitrogens with two attached hydrogens (primary N) is 1. The van der Waals surface area contributed by atoms with Gasteiger partial charge in [-0.3, -0.25) is 0 Å². The van der Waals surface area contributed by atoms with Gasteiger partial charge in [-0.25, -0.2) is 0 Å². The predicted octanol–water partition coefficient (Wildman–Crippen LogP) is 1.45. The molecule has 84 valence electrons. The molecule has 0 amide bonds. The molecule has 0 aliphatic rings. The number of alkyl halides is 3. The normalized spacial score (nSPS) is 13.9. The molecule has 3 nitrogen and oxygen atoms in total. The van der Waals surface area contributed by atoms with Gasteiger partial charge in [0, 0.05) is 5.56 Å². The van der Waals surface area contributed by atoms with Crippen molar-refractivity contribution in [1.29, 1.82) is 0 Å². The zero-order chi connectivity index (χ0) is 11.6. The largest absolute Gasteiger partial charge is 0.508 e. The van der Waals surface area contributed by atoms with Crippen LogP contribution in [0.15, 0.2) is 18.2 Å². The highest BCUT2D eigenvalue weighted by atomic mass is 19.4. The van der Waals surface area contributed by atoms with Crippen LogP contribution >= 0.6 is 0 Å². The summed E-state index contributed by atoms with van der Waals surface area (Å²) in [6, 6.07) is 1.19. The van der Waals surface area contributed by atoms with E-state index in [1.807, 2.05) is 0 Å². The summed E-state index contributed by atoms with van der Waals surface area (Å²) in [4.78, 5) is 0. The summed E-state index contributed by atoms with van der Waals surface area (Å²) in [5.41, 5.74) is 4.76. The van der Waals surface area contributed by atoms with Crippen molar-refractivity contribution in [1.82, 2.24) is 0 Å². The van der Waals surface area contributed by atoms with Crippen LogP contribution in [-0.4, -0.2) is 16.4 Å². The number of phenolic OH excluding ortho intramolecular Hbond substituents is 1. The fraction of sp³-hybridized carbons (Fsp3) is 0.333. The molecule has 0 radical (unpaired) electrons. The number of aromatic hydroxyl groups is 1. The first-order chi connectivity index (χ1) is 6.86.